The number of aromatic nitrogens is 2. The summed E-state index contributed by atoms with van der Waals surface area (Å²) in [5.41, 5.74) is 7.22. The van der Waals surface area contributed by atoms with Crippen LogP contribution in [0.5, 0.6) is 0 Å². The first-order valence-corrected chi connectivity index (χ1v) is 8.07. The van der Waals surface area contributed by atoms with Crippen molar-refractivity contribution in [3.8, 4) is 0 Å². The Bertz CT molecular complexity index is 492. The van der Waals surface area contributed by atoms with Gasteiger partial charge < -0.3 is 10.3 Å². The van der Waals surface area contributed by atoms with E-state index in [4.69, 9.17) is 5.73 Å². The van der Waals surface area contributed by atoms with Gasteiger partial charge in [-0.05, 0) is 31.3 Å². The van der Waals surface area contributed by atoms with Crippen molar-refractivity contribution in [3.63, 3.8) is 0 Å². The summed E-state index contributed by atoms with van der Waals surface area (Å²) in [6, 6.07) is 4.54. The van der Waals surface area contributed by atoms with Crippen LogP contribution < -0.4 is 5.73 Å². The lowest BCUT2D eigenvalue weighted by molar-refractivity contribution is 0.243. The van der Waals surface area contributed by atoms with Crippen molar-refractivity contribution in [1.29, 1.82) is 0 Å². The van der Waals surface area contributed by atoms with Crippen LogP contribution in [0, 0.1) is 0 Å². The predicted octanol–water partition coefficient (Wildman–Crippen LogP) is 2.53. The standard InChI is InChI=1S/C15H24N4S/c1-3-7-19-12-17-11-15(19)14(10-16)18(2)8-6-13-5-4-9-20-13/h4-5,9,11-12,14H,3,6-8,10,16H2,1-2H3. The minimum atomic E-state index is 0.240. The van der Waals surface area contributed by atoms with Gasteiger partial charge in [-0.15, -0.1) is 11.3 Å². The number of hydrogen-bond donors (Lipinski definition) is 1. The molecule has 0 aromatic carbocycles. The van der Waals surface area contributed by atoms with Gasteiger partial charge in [0.05, 0.1) is 18.1 Å². The minimum absolute atomic E-state index is 0.240. The molecule has 0 amide bonds. The van der Waals surface area contributed by atoms with Crippen molar-refractivity contribution < 1.29 is 0 Å². The fourth-order valence-electron chi connectivity index (χ4n) is 2.46. The summed E-state index contributed by atoms with van der Waals surface area (Å²) in [6.45, 7) is 4.82. The van der Waals surface area contributed by atoms with E-state index in [1.807, 2.05) is 23.9 Å². The van der Waals surface area contributed by atoms with Gasteiger partial charge in [-0.1, -0.05) is 13.0 Å². The highest BCUT2D eigenvalue weighted by molar-refractivity contribution is 7.09. The van der Waals surface area contributed by atoms with Crippen LogP contribution in [0.1, 0.15) is 30.0 Å². The molecule has 1 atom stereocenters. The Labute approximate surface area is 125 Å². The second kappa shape index (κ2) is 7.57. The molecular formula is C15H24N4S. The van der Waals surface area contributed by atoms with Crippen molar-refractivity contribution in [3.05, 3.63) is 40.6 Å². The average molecular weight is 292 g/mol. The minimum Gasteiger partial charge on any atom is -0.333 e. The highest BCUT2D eigenvalue weighted by atomic mass is 32.1. The van der Waals surface area contributed by atoms with E-state index in [1.165, 1.54) is 10.6 Å². The van der Waals surface area contributed by atoms with Crippen LogP contribution >= 0.6 is 11.3 Å². The number of nitrogens with two attached hydrogens (primary N) is 1. The SMILES string of the molecule is CCCn1cncc1C(CN)N(C)CCc1cccs1. The molecule has 0 spiro atoms. The van der Waals surface area contributed by atoms with Gasteiger partial charge in [-0.2, -0.15) is 0 Å². The number of rotatable bonds is 8. The number of likely N-dealkylation sites (N-methyl/N-ethyl adjacent to an activating group) is 1. The van der Waals surface area contributed by atoms with Crippen LogP contribution in [0.15, 0.2) is 30.0 Å². The van der Waals surface area contributed by atoms with Crippen LogP contribution in [0.3, 0.4) is 0 Å². The number of aryl methyl sites for hydroxylation is 1. The highest BCUT2D eigenvalue weighted by Gasteiger charge is 2.19. The Balaban J connectivity index is 2.00. The number of hydrogen-bond acceptors (Lipinski definition) is 4. The topological polar surface area (TPSA) is 47.1 Å². The zero-order valence-electron chi connectivity index (χ0n) is 12.3. The summed E-state index contributed by atoms with van der Waals surface area (Å²) < 4.78 is 2.22. The maximum Gasteiger partial charge on any atom is 0.0948 e. The van der Waals surface area contributed by atoms with Crippen LogP contribution in [-0.2, 0) is 13.0 Å². The van der Waals surface area contributed by atoms with Gasteiger partial charge in [-0.25, -0.2) is 4.98 Å². The Hall–Kier alpha value is -1.17. The van der Waals surface area contributed by atoms with Gasteiger partial charge in [-0.3, -0.25) is 4.90 Å². The molecule has 0 aliphatic carbocycles. The van der Waals surface area contributed by atoms with Crippen LogP contribution in [0.4, 0.5) is 0 Å². The maximum absolute atomic E-state index is 6.00. The van der Waals surface area contributed by atoms with E-state index in [1.54, 1.807) is 0 Å². The molecule has 2 aromatic rings. The highest BCUT2D eigenvalue weighted by Crippen LogP contribution is 2.19. The average Bonchev–Trinajstić information content (AvgIpc) is 3.10. The van der Waals surface area contributed by atoms with E-state index >= 15 is 0 Å². The molecule has 1 unspecified atom stereocenters. The number of thiophene rings is 1. The lowest BCUT2D eigenvalue weighted by atomic mass is 10.1. The van der Waals surface area contributed by atoms with Crippen LogP contribution in [0.2, 0.25) is 0 Å². The first-order chi connectivity index (χ1) is 9.76. The Morgan fingerprint density at radius 3 is 3.00 bits per heavy atom. The van der Waals surface area contributed by atoms with E-state index in [-0.39, 0.29) is 6.04 Å². The zero-order chi connectivity index (χ0) is 14.4. The van der Waals surface area contributed by atoms with Gasteiger partial charge in [0.1, 0.15) is 0 Å². The molecule has 2 rings (SSSR count). The Morgan fingerprint density at radius 2 is 2.35 bits per heavy atom. The third-order valence-electron chi connectivity index (χ3n) is 3.60. The summed E-state index contributed by atoms with van der Waals surface area (Å²) in [5.74, 6) is 0. The van der Waals surface area contributed by atoms with Gasteiger partial charge in [0, 0.05) is 30.7 Å². The van der Waals surface area contributed by atoms with Gasteiger partial charge in [0.25, 0.3) is 0 Å². The fourth-order valence-corrected chi connectivity index (χ4v) is 3.16. The number of nitrogens with zero attached hydrogens (tertiary/aromatic N) is 3. The van der Waals surface area contributed by atoms with Crippen molar-refractivity contribution in [1.82, 2.24) is 14.5 Å². The fraction of sp³-hybridized carbons (Fsp3) is 0.533. The third kappa shape index (κ3) is 3.69. The largest absolute Gasteiger partial charge is 0.333 e. The smallest absolute Gasteiger partial charge is 0.0948 e. The van der Waals surface area contributed by atoms with Gasteiger partial charge in [0.2, 0.25) is 0 Å². The molecule has 0 saturated heterocycles. The van der Waals surface area contributed by atoms with Crippen molar-refractivity contribution in [2.24, 2.45) is 5.73 Å². The van der Waals surface area contributed by atoms with Crippen LogP contribution in [0.25, 0.3) is 0 Å². The molecule has 4 nitrogen and oxygen atoms in total. The molecule has 110 valence electrons. The molecule has 0 fully saturated rings. The molecule has 2 N–H and O–H groups in total. The Morgan fingerprint density at radius 1 is 1.50 bits per heavy atom. The summed E-state index contributed by atoms with van der Waals surface area (Å²) in [5, 5.41) is 2.13. The van der Waals surface area contributed by atoms with Crippen molar-refractivity contribution in [2.75, 3.05) is 20.1 Å². The van der Waals surface area contributed by atoms with Gasteiger partial charge in [0.15, 0.2) is 0 Å². The first kappa shape index (κ1) is 15.2. The van der Waals surface area contributed by atoms with Crippen molar-refractivity contribution in [2.45, 2.75) is 32.4 Å². The molecule has 5 heteroatoms. The molecular weight excluding hydrogens is 268 g/mol. The first-order valence-electron chi connectivity index (χ1n) is 7.19. The monoisotopic (exact) mass is 292 g/mol. The zero-order valence-corrected chi connectivity index (χ0v) is 13.1. The molecule has 0 aliphatic heterocycles. The summed E-state index contributed by atoms with van der Waals surface area (Å²) in [7, 11) is 2.15. The molecule has 2 aromatic heterocycles. The summed E-state index contributed by atoms with van der Waals surface area (Å²) >= 11 is 1.82. The van der Waals surface area contributed by atoms with Crippen LogP contribution in [-0.4, -0.2) is 34.6 Å². The second-order valence-electron chi connectivity index (χ2n) is 5.07. The second-order valence-corrected chi connectivity index (χ2v) is 6.11. The molecule has 0 radical (unpaired) electrons. The molecule has 0 saturated carbocycles. The predicted molar refractivity (Wildman–Crippen MR) is 85.0 cm³/mol. The molecule has 20 heavy (non-hydrogen) atoms. The van der Waals surface area contributed by atoms with E-state index < -0.39 is 0 Å². The lowest BCUT2D eigenvalue weighted by Crippen LogP contribution is -2.33. The third-order valence-corrected chi connectivity index (χ3v) is 4.53. The number of imidazole rings is 1. The Kier molecular flexibility index (Phi) is 5.76. The normalized spacial score (nSPS) is 13.0. The van der Waals surface area contributed by atoms with E-state index in [0.717, 1.165) is 25.9 Å². The lowest BCUT2D eigenvalue weighted by Gasteiger charge is -2.27. The molecule has 2 heterocycles. The summed E-state index contributed by atoms with van der Waals surface area (Å²) in [6.07, 6.45) is 6.05. The summed E-state index contributed by atoms with van der Waals surface area (Å²) in [4.78, 5) is 8.05. The van der Waals surface area contributed by atoms with E-state index in [0.29, 0.717) is 6.54 Å². The van der Waals surface area contributed by atoms with Crippen molar-refractivity contribution >= 4 is 11.3 Å². The van der Waals surface area contributed by atoms with Gasteiger partial charge >= 0.3 is 0 Å². The maximum atomic E-state index is 6.00. The molecule has 0 aliphatic rings. The quantitative estimate of drug-likeness (QED) is 0.813. The van der Waals surface area contributed by atoms with E-state index in [9.17, 15) is 0 Å². The van der Waals surface area contributed by atoms with E-state index in [2.05, 4.69) is 45.9 Å². The molecule has 0 bridgehead atoms.